The molecule has 3 unspecified atom stereocenters. The molecule has 0 aromatic rings. The van der Waals surface area contributed by atoms with Crippen LogP contribution in [0.2, 0.25) is 0 Å². The summed E-state index contributed by atoms with van der Waals surface area (Å²) in [5.41, 5.74) is 1.36. The van der Waals surface area contributed by atoms with E-state index in [2.05, 4.69) is 46.0 Å². The highest BCUT2D eigenvalue weighted by Gasteiger charge is 2.60. The van der Waals surface area contributed by atoms with Gasteiger partial charge >= 0.3 is 0 Å². The van der Waals surface area contributed by atoms with Crippen LogP contribution in [0.1, 0.15) is 53.9 Å². The molecule has 0 bridgehead atoms. The van der Waals surface area contributed by atoms with E-state index in [9.17, 15) is 4.79 Å². The summed E-state index contributed by atoms with van der Waals surface area (Å²) in [5, 5.41) is 12.1. The summed E-state index contributed by atoms with van der Waals surface area (Å²) in [6.45, 7) is 11.5. The fourth-order valence-electron chi connectivity index (χ4n) is 3.14. The molecule has 3 heteroatoms. The summed E-state index contributed by atoms with van der Waals surface area (Å²) in [6, 6.07) is 0. The first kappa shape index (κ1) is 17.2. The Balaban J connectivity index is 2.49. The van der Waals surface area contributed by atoms with E-state index in [-0.39, 0.29) is 23.8 Å². The van der Waals surface area contributed by atoms with Gasteiger partial charge in [0, 0.05) is 13.2 Å². The molecule has 0 heterocycles. The molecule has 0 radical (unpaired) electrons. The molecule has 0 aliphatic heterocycles. The first-order valence-electron chi connectivity index (χ1n) is 7.88. The molecule has 1 amide bonds. The molecular weight excluding hydrogens is 250 g/mol. The van der Waals surface area contributed by atoms with Crippen molar-refractivity contribution in [1.29, 1.82) is 0 Å². The van der Waals surface area contributed by atoms with E-state index in [1.807, 2.05) is 0 Å². The van der Waals surface area contributed by atoms with Gasteiger partial charge in [-0.25, -0.2) is 0 Å². The monoisotopic (exact) mass is 281 g/mol. The SMILES string of the molecule is CCCC(CCO)CNC(=O)C1C(C=C(C)C)C1(C)C. The predicted molar refractivity (Wildman–Crippen MR) is 83.3 cm³/mol. The van der Waals surface area contributed by atoms with Crippen molar-refractivity contribution in [2.45, 2.75) is 53.9 Å². The summed E-state index contributed by atoms with van der Waals surface area (Å²) in [5.74, 6) is 1.05. The summed E-state index contributed by atoms with van der Waals surface area (Å²) >= 11 is 0. The highest BCUT2D eigenvalue weighted by Crippen LogP contribution is 2.59. The molecule has 1 aliphatic carbocycles. The number of amides is 1. The van der Waals surface area contributed by atoms with Crippen LogP contribution in [0.25, 0.3) is 0 Å². The second kappa shape index (κ2) is 7.26. The van der Waals surface area contributed by atoms with Crippen molar-refractivity contribution in [2.24, 2.45) is 23.2 Å². The van der Waals surface area contributed by atoms with E-state index in [4.69, 9.17) is 5.11 Å². The third-order valence-electron chi connectivity index (χ3n) is 4.51. The Hall–Kier alpha value is -0.830. The second-order valence-electron chi connectivity index (χ2n) is 6.98. The van der Waals surface area contributed by atoms with E-state index in [1.54, 1.807) is 0 Å². The molecule has 0 spiro atoms. The van der Waals surface area contributed by atoms with Crippen molar-refractivity contribution in [3.63, 3.8) is 0 Å². The molecule has 1 aliphatic rings. The van der Waals surface area contributed by atoms with E-state index in [0.717, 1.165) is 19.3 Å². The third-order valence-corrected chi connectivity index (χ3v) is 4.51. The van der Waals surface area contributed by atoms with Crippen molar-refractivity contribution >= 4 is 5.91 Å². The fraction of sp³-hybridized carbons (Fsp3) is 0.824. The van der Waals surface area contributed by atoms with Crippen LogP contribution >= 0.6 is 0 Å². The maximum absolute atomic E-state index is 12.3. The van der Waals surface area contributed by atoms with Crippen molar-refractivity contribution in [1.82, 2.24) is 5.32 Å². The Kier molecular flexibility index (Phi) is 6.25. The fourth-order valence-corrected chi connectivity index (χ4v) is 3.14. The summed E-state index contributed by atoms with van der Waals surface area (Å²) in [6.07, 6.45) is 5.16. The molecule has 3 atom stereocenters. The number of rotatable bonds is 8. The lowest BCUT2D eigenvalue weighted by Gasteiger charge is -2.16. The molecule has 1 rings (SSSR count). The first-order chi connectivity index (χ1) is 9.34. The smallest absolute Gasteiger partial charge is 0.224 e. The average Bonchev–Trinajstić information content (AvgIpc) is 2.87. The zero-order valence-corrected chi connectivity index (χ0v) is 13.7. The lowest BCUT2D eigenvalue weighted by atomic mass is 10.00. The number of nitrogens with one attached hydrogen (secondary N) is 1. The van der Waals surface area contributed by atoms with Gasteiger partial charge in [-0.2, -0.15) is 0 Å². The van der Waals surface area contributed by atoms with Crippen LogP contribution in [0.5, 0.6) is 0 Å². The van der Waals surface area contributed by atoms with E-state index >= 15 is 0 Å². The number of aliphatic hydroxyl groups is 1. The molecule has 0 aromatic carbocycles. The molecule has 3 nitrogen and oxygen atoms in total. The Morgan fingerprint density at radius 1 is 1.35 bits per heavy atom. The zero-order chi connectivity index (χ0) is 15.3. The topological polar surface area (TPSA) is 49.3 Å². The lowest BCUT2D eigenvalue weighted by molar-refractivity contribution is -0.123. The van der Waals surface area contributed by atoms with E-state index in [1.165, 1.54) is 5.57 Å². The number of carbonyl (C=O) groups excluding carboxylic acids is 1. The standard InChI is InChI=1S/C17H31NO2/c1-6-7-13(8-9-19)11-18-16(20)15-14(10-12(2)3)17(15,4)5/h10,13-15,19H,6-9,11H2,1-5H3,(H,18,20). The predicted octanol–water partition coefficient (Wildman–Crippen LogP) is 3.14. The van der Waals surface area contributed by atoms with Crippen LogP contribution < -0.4 is 5.32 Å². The van der Waals surface area contributed by atoms with Crippen LogP contribution in [0.4, 0.5) is 0 Å². The lowest BCUT2D eigenvalue weighted by Crippen LogP contribution is -2.32. The largest absolute Gasteiger partial charge is 0.396 e. The van der Waals surface area contributed by atoms with Gasteiger partial charge in [0.2, 0.25) is 5.91 Å². The van der Waals surface area contributed by atoms with Gasteiger partial charge in [-0.3, -0.25) is 4.79 Å². The zero-order valence-electron chi connectivity index (χ0n) is 13.7. The molecule has 1 fully saturated rings. The molecule has 0 saturated heterocycles. The van der Waals surface area contributed by atoms with Crippen LogP contribution in [-0.4, -0.2) is 24.2 Å². The summed E-state index contributed by atoms with van der Waals surface area (Å²) < 4.78 is 0. The minimum Gasteiger partial charge on any atom is -0.396 e. The number of hydrogen-bond acceptors (Lipinski definition) is 2. The maximum Gasteiger partial charge on any atom is 0.224 e. The number of allylic oxidation sites excluding steroid dienone is 2. The van der Waals surface area contributed by atoms with Gasteiger partial charge in [-0.15, -0.1) is 0 Å². The van der Waals surface area contributed by atoms with Gasteiger partial charge in [0.1, 0.15) is 0 Å². The Morgan fingerprint density at radius 2 is 2.00 bits per heavy atom. The summed E-state index contributed by atoms with van der Waals surface area (Å²) in [7, 11) is 0. The van der Waals surface area contributed by atoms with E-state index in [0.29, 0.717) is 18.4 Å². The van der Waals surface area contributed by atoms with Crippen LogP contribution in [0.15, 0.2) is 11.6 Å². The molecule has 116 valence electrons. The van der Waals surface area contributed by atoms with Crippen molar-refractivity contribution in [2.75, 3.05) is 13.2 Å². The normalized spacial score (nSPS) is 24.9. The third kappa shape index (κ3) is 4.34. The number of carbonyl (C=O) groups is 1. The summed E-state index contributed by atoms with van der Waals surface area (Å²) in [4.78, 5) is 12.3. The molecular formula is C17H31NO2. The minimum atomic E-state index is 0.0819. The highest BCUT2D eigenvalue weighted by atomic mass is 16.3. The number of hydrogen-bond donors (Lipinski definition) is 2. The van der Waals surface area contributed by atoms with Gasteiger partial charge in [-0.05, 0) is 43.9 Å². The number of aliphatic hydroxyl groups excluding tert-OH is 1. The van der Waals surface area contributed by atoms with Crippen molar-refractivity contribution in [3.05, 3.63) is 11.6 Å². The van der Waals surface area contributed by atoms with Crippen molar-refractivity contribution < 1.29 is 9.90 Å². The molecule has 1 saturated carbocycles. The maximum atomic E-state index is 12.3. The van der Waals surface area contributed by atoms with Crippen LogP contribution in [-0.2, 0) is 4.79 Å². The Labute approximate surface area is 123 Å². The second-order valence-corrected chi connectivity index (χ2v) is 6.98. The van der Waals surface area contributed by atoms with Gasteiger partial charge in [0.15, 0.2) is 0 Å². The van der Waals surface area contributed by atoms with Gasteiger partial charge in [-0.1, -0.05) is 38.8 Å². The van der Waals surface area contributed by atoms with Gasteiger partial charge < -0.3 is 10.4 Å². The average molecular weight is 281 g/mol. The minimum absolute atomic E-state index is 0.0819. The molecule has 20 heavy (non-hydrogen) atoms. The van der Waals surface area contributed by atoms with Gasteiger partial charge in [0.05, 0.1) is 5.92 Å². The van der Waals surface area contributed by atoms with E-state index < -0.39 is 0 Å². The van der Waals surface area contributed by atoms with Crippen LogP contribution in [0.3, 0.4) is 0 Å². The first-order valence-corrected chi connectivity index (χ1v) is 7.88. The van der Waals surface area contributed by atoms with Crippen molar-refractivity contribution in [3.8, 4) is 0 Å². The Morgan fingerprint density at radius 3 is 2.50 bits per heavy atom. The van der Waals surface area contributed by atoms with Crippen LogP contribution in [0, 0.1) is 23.2 Å². The highest BCUT2D eigenvalue weighted by molar-refractivity contribution is 5.83. The molecule has 0 aromatic heterocycles. The Bertz CT molecular complexity index is 350. The molecule has 2 N–H and O–H groups in total. The van der Waals surface area contributed by atoms with Gasteiger partial charge in [0.25, 0.3) is 0 Å². The quantitative estimate of drug-likeness (QED) is 0.672.